The van der Waals surface area contributed by atoms with Crippen molar-refractivity contribution in [3.63, 3.8) is 0 Å². The van der Waals surface area contributed by atoms with Gasteiger partial charge in [-0.15, -0.1) is 0 Å². The number of nitrogens with zero attached hydrogens (tertiary/aromatic N) is 1. The van der Waals surface area contributed by atoms with Crippen molar-refractivity contribution in [2.75, 3.05) is 26.2 Å². The summed E-state index contributed by atoms with van der Waals surface area (Å²) in [5.74, 6) is -0.233. The Balaban J connectivity index is 1.49. The van der Waals surface area contributed by atoms with Crippen LogP contribution in [0.25, 0.3) is 0 Å². The summed E-state index contributed by atoms with van der Waals surface area (Å²) in [5, 5.41) is 0. The van der Waals surface area contributed by atoms with Gasteiger partial charge < -0.3 is 14.4 Å². The van der Waals surface area contributed by atoms with Crippen molar-refractivity contribution in [3.05, 3.63) is 0 Å². The third-order valence-electron chi connectivity index (χ3n) is 5.69. The van der Waals surface area contributed by atoms with E-state index in [1.807, 2.05) is 0 Å². The summed E-state index contributed by atoms with van der Waals surface area (Å²) in [6, 6.07) is 0. The fourth-order valence-corrected chi connectivity index (χ4v) is 4.37. The highest BCUT2D eigenvalue weighted by Crippen LogP contribution is 2.35. The van der Waals surface area contributed by atoms with Gasteiger partial charge in [-0.2, -0.15) is 0 Å². The quantitative estimate of drug-likeness (QED) is 0.749. The van der Waals surface area contributed by atoms with E-state index in [0.717, 1.165) is 26.0 Å². The molecule has 3 rings (SSSR count). The van der Waals surface area contributed by atoms with Crippen molar-refractivity contribution in [1.29, 1.82) is 0 Å². The Morgan fingerprint density at radius 2 is 1.27 bits per heavy atom. The van der Waals surface area contributed by atoms with Crippen molar-refractivity contribution in [1.82, 2.24) is 4.90 Å². The largest absolute Gasteiger partial charge is 0.347 e. The average molecular weight is 309 g/mol. The molecular formula is C19H35NO2. The van der Waals surface area contributed by atoms with Gasteiger partial charge >= 0.3 is 0 Å². The smallest absolute Gasteiger partial charge is 0.168 e. The molecule has 0 N–H and O–H groups in total. The Bertz CT molecular complexity index is 303. The maximum Gasteiger partial charge on any atom is 0.168 e. The van der Waals surface area contributed by atoms with Gasteiger partial charge in [-0.1, -0.05) is 44.9 Å². The summed E-state index contributed by atoms with van der Waals surface area (Å²) in [6.45, 7) is 4.41. The third-order valence-corrected chi connectivity index (χ3v) is 5.69. The topological polar surface area (TPSA) is 21.7 Å². The second-order valence-electron chi connectivity index (χ2n) is 7.65. The van der Waals surface area contributed by atoms with Crippen LogP contribution < -0.4 is 0 Å². The predicted octanol–water partition coefficient (Wildman–Crippen LogP) is 4.50. The number of likely N-dealkylation sites (tertiary alicyclic amines) is 1. The van der Waals surface area contributed by atoms with Crippen molar-refractivity contribution < 1.29 is 9.47 Å². The minimum absolute atomic E-state index is 0.233. The molecule has 128 valence electrons. The normalized spacial score (nSPS) is 31.9. The SMILES string of the molecule is C1CCCCCC2(CCCCC1)OCC(CN1CCCC1)O2. The van der Waals surface area contributed by atoms with Gasteiger partial charge in [-0.3, -0.25) is 0 Å². The molecule has 3 fully saturated rings. The van der Waals surface area contributed by atoms with Gasteiger partial charge in [0.05, 0.1) is 12.7 Å². The predicted molar refractivity (Wildman–Crippen MR) is 90.0 cm³/mol. The molecule has 3 heteroatoms. The van der Waals surface area contributed by atoms with Crippen LogP contribution in [0.15, 0.2) is 0 Å². The fourth-order valence-electron chi connectivity index (χ4n) is 4.37. The second kappa shape index (κ2) is 8.65. The van der Waals surface area contributed by atoms with Crippen LogP contribution in [0.5, 0.6) is 0 Å². The zero-order valence-corrected chi connectivity index (χ0v) is 14.4. The number of rotatable bonds is 2. The lowest BCUT2D eigenvalue weighted by Crippen LogP contribution is -2.35. The van der Waals surface area contributed by atoms with E-state index in [2.05, 4.69) is 4.90 Å². The van der Waals surface area contributed by atoms with Gasteiger partial charge in [0.2, 0.25) is 0 Å². The lowest BCUT2D eigenvalue weighted by Gasteiger charge is -2.29. The molecule has 3 nitrogen and oxygen atoms in total. The van der Waals surface area contributed by atoms with Crippen LogP contribution in [0, 0.1) is 0 Å². The second-order valence-corrected chi connectivity index (χ2v) is 7.65. The maximum absolute atomic E-state index is 6.49. The summed E-state index contributed by atoms with van der Waals surface area (Å²) in [5.41, 5.74) is 0. The highest BCUT2D eigenvalue weighted by atomic mass is 16.7. The van der Waals surface area contributed by atoms with Gasteiger partial charge in [0, 0.05) is 19.4 Å². The molecular weight excluding hydrogens is 274 g/mol. The molecule has 0 aromatic heterocycles. The van der Waals surface area contributed by atoms with Gasteiger partial charge in [-0.25, -0.2) is 0 Å². The Morgan fingerprint density at radius 3 is 1.86 bits per heavy atom. The highest BCUT2D eigenvalue weighted by molar-refractivity contribution is 4.82. The summed E-state index contributed by atoms with van der Waals surface area (Å²) < 4.78 is 12.8. The van der Waals surface area contributed by atoms with E-state index in [4.69, 9.17) is 9.47 Å². The van der Waals surface area contributed by atoms with Crippen molar-refractivity contribution in [3.8, 4) is 0 Å². The third kappa shape index (κ3) is 4.94. The molecule has 0 aromatic carbocycles. The van der Waals surface area contributed by atoms with Gasteiger partial charge in [0.25, 0.3) is 0 Å². The standard InChI is InChI=1S/C19H35NO2/c1-2-4-6-8-12-19(13-9-7-5-3-1)21-17-18(22-19)16-20-14-10-11-15-20/h18H,1-17H2. The molecule has 22 heavy (non-hydrogen) atoms. The molecule has 2 saturated heterocycles. The summed E-state index contributed by atoms with van der Waals surface area (Å²) in [7, 11) is 0. The molecule has 1 saturated carbocycles. The van der Waals surface area contributed by atoms with Crippen LogP contribution in [0.2, 0.25) is 0 Å². The lowest BCUT2D eigenvalue weighted by molar-refractivity contribution is -0.180. The zero-order chi connectivity index (χ0) is 15.1. The summed E-state index contributed by atoms with van der Waals surface area (Å²) in [4.78, 5) is 2.56. The molecule has 0 aromatic rings. The van der Waals surface area contributed by atoms with E-state index in [-0.39, 0.29) is 5.79 Å². The van der Waals surface area contributed by atoms with E-state index < -0.39 is 0 Å². The van der Waals surface area contributed by atoms with Crippen LogP contribution in [0.4, 0.5) is 0 Å². The maximum atomic E-state index is 6.49. The summed E-state index contributed by atoms with van der Waals surface area (Å²) in [6.07, 6.45) is 17.6. The highest BCUT2D eigenvalue weighted by Gasteiger charge is 2.41. The Morgan fingerprint density at radius 1 is 0.727 bits per heavy atom. The van der Waals surface area contributed by atoms with Crippen LogP contribution in [-0.4, -0.2) is 43.0 Å². The molecule has 1 aliphatic carbocycles. The molecule has 0 bridgehead atoms. The molecule has 1 spiro atoms. The first kappa shape index (κ1) is 16.7. The van der Waals surface area contributed by atoms with Gasteiger partial charge in [0.1, 0.15) is 0 Å². The summed E-state index contributed by atoms with van der Waals surface area (Å²) >= 11 is 0. The van der Waals surface area contributed by atoms with Crippen LogP contribution >= 0.6 is 0 Å². The Labute approximate surface area is 136 Å². The van der Waals surface area contributed by atoms with Crippen LogP contribution in [-0.2, 0) is 9.47 Å². The van der Waals surface area contributed by atoms with E-state index >= 15 is 0 Å². The van der Waals surface area contributed by atoms with Crippen molar-refractivity contribution >= 4 is 0 Å². The van der Waals surface area contributed by atoms with E-state index in [0.29, 0.717) is 6.10 Å². The number of hydrogen-bond donors (Lipinski definition) is 0. The first-order valence-electron chi connectivity index (χ1n) is 9.90. The Hall–Kier alpha value is -0.120. The molecule has 2 heterocycles. The van der Waals surface area contributed by atoms with E-state index in [1.165, 1.54) is 83.7 Å². The minimum atomic E-state index is -0.233. The average Bonchev–Trinajstić information content (AvgIpc) is 3.14. The van der Waals surface area contributed by atoms with E-state index in [9.17, 15) is 0 Å². The molecule has 1 atom stereocenters. The molecule has 1 unspecified atom stereocenters. The van der Waals surface area contributed by atoms with Gasteiger partial charge in [-0.05, 0) is 38.8 Å². The van der Waals surface area contributed by atoms with Crippen molar-refractivity contribution in [2.45, 2.75) is 95.4 Å². The van der Waals surface area contributed by atoms with Crippen molar-refractivity contribution in [2.24, 2.45) is 0 Å². The molecule has 2 aliphatic heterocycles. The Kier molecular flexibility index (Phi) is 6.58. The zero-order valence-electron chi connectivity index (χ0n) is 14.4. The number of ether oxygens (including phenoxy) is 2. The van der Waals surface area contributed by atoms with Crippen LogP contribution in [0.1, 0.15) is 83.5 Å². The molecule has 0 radical (unpaired) electrons. The fraction of sp³-hybridized carbons (Fsp3) is 1.00. The first-order valence-corrected chi connectivity index (χ1v) is 9.90. The molecule has 0 amide bonds. The lowest BCUT2D eigenvalue weighted by atomic mass is 9.97. The van der Waals surface area contributed by atoms with Gasteiger partial charge in [0.15, 0.2) is 5.79 Å². The van der Waals surface area contributed by atoms with Crippen LogP contribution in [0.3, 0.4) is 0 Å². The minimum Gasteiger partial charge on any atom is -0.347 e. The first-order chi connectivity index (χ1) is 10.9. The van der Waals surface area contributed by atoms with E-state index in [1.54, 1.807) is 0 Å². The number of hydrogen-bond acceptors (Lipinski definition) is 3. The molecule has 3 aliphatic rings. The monoisotopic (exact) mass is 309 g/mol.